The number of piperidine rings is 1. The second-order valence-corrected chi connectivity index (χ2v) is 5.96. The molecule has 1 aliphatic rings. The molecule has 0 aromatic heterocycles. The SMILES string of the molecule is NCCNC(=O)C1CCCN(CCOc2cccc(Cl)c2)C1. The van der Waals surface area contributed by atoms with Crippen LogP contribution in [0, 0.1) is 5.92 Å². The first-order valence-electron chi connectivity index (χ1n) is 7.77. The van der Waals surface area contributed by atoms with Crippen molar-refractivity contribution in [1.29, 1.82) is 0 Å². The van der Waals surface area contributed by atoms with Gasteiger partial charge in [0, 0.05) is 31.2 Å². The minimum Gasteiger partial charge on any atom is -0.492 e. The zero-order valence-electron chi connectivity index (χ0n) is 12.8. The Morgan fingerprint density at radius 2 is 2.36 bits per heavy atom. The molecule has 122 valence electrons. The van der Waals surface area contributed by atoms with Crippen LogP contribution in [0.1, 0.15) is 12.8 Å². The molecular weight excluding hydrogens is 302 g/mol. The van der Waals surface area contributed by atoms with E-state index in [-0.39, 0.29) is 11.8 Å². The van der Waals surface area contributed by atoms with Gasteiger partial charge in [-0.15, -0.1) is 0 Å². The molecule has 5 nitrogen and oxygen atoms in total. The van der Waals surface area contributed by atoms with Gasteiger partial charge >= 0.3 is 0 Å². The van der Waals surface area contributed by atoms with Gasteiger partial charge in [0.05, 0.1) is 5.92 Å². The van der Waals surface area contributed by atoms with Gasteiger partial charge in [-0.1, -0.05) is 17.7 Å². The zero-order chi connectivity index (χ0) is 15.8. The smallest absolute Gasteiger partial charge is 0.224 e. The second-order valence-electron chi connectivity index (χ2n) is 5.53. The van der Waals surface area contributed by atoms with Crippen LogP contribution in [-0.2, 0) is 4.79 Å². The number of benzene rings is 1. The zero-order valence-corrected chi connectivity index (χ0v) is 13.5. The van der Waals surface area contributed by atoms with E-state index < -0.39 is 0 Å². The van der Waals surface area contributed by atoms with E-state index in [1.54, 1.807) is 6.07 Å². The summed E-state index contributed by atoms with van der Waals surface area (Å²) in [6, 6.07) is 7.39. The number of nitrogens with zero attached hydrogens (tertiary/aromatic N) is 1. The molecule has 1 amide bonds. The number of likely N-dealkylation sites (tertiary alicyclic amines) is 1. The van der Waals surface area contributed by atoms with E-state index in [4.69, 9.17) is 22.1 Å². The Hall–Kier alpha value is -1.30. The minimum absolute atomic E-state index is 0.0615. The maximum atomic E-state index is 12.0. The van der Waals surface area contributed by atoms with E-state index in [0.29, 0.717) is 24.7 Å². The molecule has 1 atom stereocenters. The lowest BCUT2D eigenvalue weighted by Gasteiger charge is -2.31. The van der Waals surface area contributed by atoms with Gasteiger partial charge in [-0.05, 0) is 37.6 Å². The molecule has 22 heavy (non-hydrogen) atoms. The van der Waals surface area contributed by atoms with Crippen LogP contribution in [0.25, 0.3) is 0 Å². The Morgan fingerprint density at radius 1 is 1.50 bits per heavy atom. The number of nitrogens with one attached hydrogen (secondary N) is 1. The summed E-state index contributed by atoms with van der Waals surface area (Å²) in [5.41, 5.74) is 5.41. The number of hydrogen-bond donors (Lipinski definition) is 2. The number of carbonyl (C=O) groups is 1. The highest BCUT2D eigenvalue weighted by molar-refractivity contribution is 6.30. The summed E-state index contributed by atoms with van der Waals surface area (Å²) in [6.45, 7) is 4.24. The summed E-state index contributed by atoms with van der Waals surface area (Å²) in [6.07, 6.45) is 1.99. The van der Waals surface area contributed by atoms with Crippen molar-refractivity contribution < 1.29 is 9.53 Å². The number of halogens is 1. The van der Waals surface area contributed by atoms with E-state index >= 15 is 0 Å². The third kappa shape index (κ3) is 5.48. The maximum Gasteiger partial charge on any atom is 0.224 e. The first-order chi connectivity index (χ1) is 10.7. The van der Waals surface area contributed by atoms with E-state index in [0.717, 1.165) is 38.2 Å². The third-order valence-corrected chi connectivity index (χ3v) is 4.03. The van der Waals surface area contributed by atoms with Gasteiger partial charge in [-0.3, -0.25) is 9.69 Å². The molecule has 6 heteroatoms. The molecule has 0 radical (unpaired) electrons. The van der Waals surface area contributed by atoms with Crippen LogP contribution in [0.4, 0.5) is 0 Å². The summed E-state index contributed by atoms with van der Waals surface area (Å²) in [5, 5.41) is 3.55. The number of ether oxygens (including phenoxy) is 1. The number of amides is 1. The van der Waals surface area contributed by atoms with Crippen LogP contribution >= 0.6 is 11.6 Å². The fraction of sp³-hybridized carbons (Fsp3) is 0.562. The number of hydrogen-bond acceptors (Lipinski definition) is 4. The predicted molar refractivity (Wildman–Crippen MR) is 88.2 cm³/mol. The van der Waals surface area contributed by atoms with Crippen molar-refractivity contribution in [2.75, 3.05) is 39.3 Å². The first kappa shape index (κ1) is 17.1. The van der Waals surface area contributed by atoms with Crippen LogP contribution in [0.2, 0.25) is 5.02 Å². The quantitative estimate of drug-likeness (QED) is 0.797. The van der Waals surface area contributed by atoms with Crippen molar-refractivity contribution in [3.05, 3.63) is 29.3 Å². The van der Waals surface area contributed by atoms with Crippen LogP contribution < -0.4 is 15.8 Å². The van der Waals surface area contributed by atoms with Crippen molar-refractivity contribution in [3.63, 3.8) is 0 Å². The van der Waals surface area contributed by atoms with Crippen molar-refractivity contribution in [3.8, 4) is 5.75 Å². The Bertz CT molecular complexity index is 484. The van der Waals surface area contributed by atoms with Gasteiger partial charge in [-0.2, -0.15) is 0 Å². The number of carbonyl (C=O) groups excluding carboxylic acids is 1. The second kappa shape index (κ2) is 8.98. The fourth-order valence-electron chi connectivity index (χ4n) is 2.66. The lowest BCUT2D eigenvalue weighted by Crippen LogP contribution is -2.45. The predicted octanol–water partition coefficient (Wildman–Crippen LogP) is 1.51. The molecule has 2 rings (SSSR count). The lowest BCUT2D eigenvalue weighted by molar-refractivity contribution is -0.126. The highest BCUT2D eigenvalue weighted by atomic mass is 35.5. The van der Waals surface area contributed by atoms with E-state index in [1.165, 1.54) is 0 Å². The van der Waals surface area contributed by atoms with Gasteiger partial charge < -0.3 is 15.8 Å². The fourth-order valence-corrected chi connectivity index (χ4v) is 2.84. The average Bonchev–Trinajstić information content (AvgIpc) is 2.53. The topological polar surface area (TPSA) is 67.6 Å². The molecule has 0 spiro atoms. The molecule has 3 N–H and O–H groups in total. The molecular formula is C16H24ClN3O2. The van der Waals surface area contributed by atoms with E-state index in [9.17, 15) is 4.79 Å². The van der Waals surface area contributed by atoms with E-state index in [1.807, 2.05) is 18.2 Å². The molecule has 1 aromatic carbocycles. The number of rotatable bonds is 7. The summed E-state index contributed by atoms with van der Waals surface area (Å²) in [4.78, 5) is 14.3. The highest BCUT2D eigenvalue weighted by Crippen LogP contribution is 2.18. The monoisotopic (exact) mass is 325 g/mol. The summed E-state index contributed by atoms with van der Waals surface area (Å²) >= 11 is 5.92. The van der Waals surface area contributed by atoms with Gasteiger partial charge in [0.15, 0.2) is 0 Å². The minimum atomic E-state index is 0.0615. The summed E-state index contributed by atoms with van der Waals surface area (Å²) in [7, 11) is 0. The number of nitrogens with two attached hydrogens (primary N) is 1. The van der Waals surface area contributed by atoms with Crippen molar-refractivity contribution in [2.45, 2.75) is 12.8 Å². The molecule has 1 heterocycles. The average molecular weight is 326 g/mol. The van der Waals surface area contributed by atoms with Crippen LogP contribution in [-0.4, -0.2) is 50.1 Å². The highest BCUT2D eigenvalue weighted by Gasteiger charge is 2.25. The van der Waals surface area contributed by atoms with Crippen LogP contribution in [0.3, 0.4) is 0 Å². The summed E-state index contributed by atoms with van der Waals surface area (Å²) < 4.78 is 5.71. The Kier molecular flexibility index (Phi) is 6.96. The maximum absolute atomic E-state index is 12.0. The van der Waals surface area contributed by atoms with Crippen LogP contribution in [0.15, 0.2) is 24.3 Å². The molecule has 1 unspecified atom stereocenters. The van der Waals surface area contributed by atoms with E-state index in [2.05, 4.69) is 10.2 Å². The van der Waals surface area contributed by atoms with Gasteiger partial charge in [0.2, 0.25) is 5.91 Å². The van der Waals surface area contributed by atoms with Crippen molar-refractivity contribution in [1.82, 2.24) is 10.2 Å². The largest absolute Gasteiger partial charge is 0.492 e. The first-order valence-corrected chi connectivity index (χ1v) is 8.15. The standard InChI is InChI=1S/C16H24ClN3O2/c17-14-4-1-5-15(11-14)22-10-9-20-8-2-3-13(12-20)16(21)19-7-6-18/h1,4-5,11,13H,2-3,6-10,12,18H2,(H,19,21). The van der Waals surface area contributed by atoms with Gasteiger partial charge in [0.25, 0.3) is 0 Å². The van der Waals surface area contributed by atoms with Gasteiger partial charge in [-0.25, -0.2) is 0 Å². The Balaban J connectivity index is 1.72. The third-order valence-electron chi connectivity index (χ3n) is 3.79. The molecule has 0 bridgehead atoms. The lowest BCUT2D eigenvalue weighted by atomic mass is 9.97. The van der Waals surface area contributed by atoms with Crippen LogP contribution in [0.5, 0.6) is 5.75 Å². The Labute approximate surface area is 136 Å². The van der Waals surface area contributed by atoms with Gasteiger partial charge in [0.1, 0.15) is 12.4 Å². The normalized spacial score (nSPS) is 18.9. The van der Waals surface area contributed by atoms with Crippen molar-refractivity contribution >= 4 is 17.5 Å². The molecule has 0 aliphatic carbocycles. The molecule has 0 saturated carbocycles. The molecule has 1 aliphatic heterocycles. The molecule has 1 aromatic rings. The van der Waals surface area contributed by atoms with Crippen molar-refractivity contribution in [2.24, 2.45) is 11.7 Å². The Morgan fingerprint density at radius 3 is 3.14 bits per heavy atom. The molecule has 1 fully saturated rings. The summed E-state index contributed by atoms with van der Waals surface area (Å²) in [5.74, 6) is 0.958. The molecule has 1 saturated heterocycles.